The fraction of sp³-hybridized carbons (Fsp3) is 0.667. The number of rotatable bonds is 4. The highest BCUT2D eigenvalue weighted by molar-refractivity contribution is 8.00. The van der Waals surface area contributed by atoms with Crippen LogP contribution in [0.1, 0.15) is 24.8 Å². The molecule has 1 saturated carbocycles. The number of aromatic nitrogens is 2. The van der Waals surface area contributed by atoms with Crippen molar-refractivity contribution in [3.8, 4) is 0 Å². The number of aliphatic carboxylic acids is 1. The lowest BCUT2D eigenvalue weighted by Gasteiger charge is -2.26. The molecule has 1 aliphatic carbocycles. The topological polar surface area (TPSA) is 95.4 Å². The van der Waals surface area contributed by atoms with Gasteiger partial charge in [-0.05, 0) is 25.2 Å². The van der Waals surface area contributed by atoms with Crippen molar-refractivity contribution < 1.29 is 14.7 Å². The van der Waals surface area contributed by atoms with E-state index in [9.17, 15) is 14.7 Å². The predicted molar refractivity (Wildman–Crippen MR) is 80.5 cm³/mol. The SMILES string of the molecule is CCc1nnc(NC(=O)N2C(C(=O)O)CSC2C2CC2)s1. The molecule has 0 aromatic carbocycles. The van der Waals surface area contributed by atoms with E-state index in [1.165, 1.54) is 16.2 Å². The van der Waals surface area contributed by atoms with Crippen LogP contribution in [0.4, 0.5) is 9.93 Å². The van der Waals surface area contributed by atoms with E-state index in [0.717, 1.165) is 24.3 Å². The molecule has 1 aromatic heterocycles. The van der Waals surface area contributed by atoms with E-state index in [1.807, 2.05) is 6.92 Å². The van der Waals surface area contributed by atoms with E-state index in [-0.39, 0.29) is 11.4 Å². The summed E-state index contributed by atoms with van der Waals surface area (Å²) < 4.78 is 0. The van der Waals surface area contributed by atoms with Crippen molar-refractivity contribution in [2.75, 3.05) is 11.1 Å². The van der Waals surface area contributed by atoms with Gasteiger partial charge in [0.1, 0.15) is 11.0 Å². The van der Waals surface area contributed by atoms with E-state index in [1.54, 1.807) is 11.8 Å². The van der Waals surface area contributed by atoms with Gasteiger partial charge in [0.15, 0.2) is 0 Å². The number of carbonyl (C=O) groups excluding carboxylic acids is 1. The molecule has 2 atom stereocenters. The van der Waals surface area contributed by atoms with E-state index in [0.29, 0.717) is 16.8 Å². The number of hydrogen-bond donors (Lipinski definition) is 2. The Morgan fingerprint density at radius 3 is 2.76 bits per heavy atom. The summed E-state index contributed by atoms with van der Waals surface area (Å²) in [6, 6.07) is -1.15. The lowest BCUT2D eigenvalue weighted by molar-refractivity contribution is -0.141. The number of thioether (sulfide) groups is 1. The molecule has 0 spiro atoms. The molecule has 0 radical (unpaired) electrons. The van der Waals surface area contributed by atoms with Crippen LogP contribution in [0.5, 0.6) is 0 Å². The minimum absolute atomic E-state index is 0.0373. The summed E-state index contributed by atoms with van der Waals surface area (Å²) in [5.41, 5.74) is 0. The molecule has 7 nitrogen and oxygen atoms in total. The smallest absolute Gasteiger partial charge is 0.327 e. The minimum atomic E-state index is -0.952. The van der Waals surface area contributed by atoms with E-state index in [4.69, 9.17) is 0 Å². The Kier molecular flexibility index (Phi) is 4.03. The second-order valence-corrected chi connectivity index (χ2v) is 7.32. The summed E-state index contributed by atoms with van der Waals surface area (Å²) in [6.07, 6.45) is 2.88. The molecule has 9 heteroatoms. The third-order valence-electron chi connectivity index (χ3n) is 3.56. The van der Waals surface area contributed by atoms with Gasteiger partial charge in [-0.15, -0.1) is 22.0 Å². The van der Waals surface area contributed by atoms with Crippen LogP contribution in [-0.2, 0) is 11.2 Å². The summed E-state index contributed by atoms with van der Waals surface area (Å²) in [5.74, 6) is -0.0849. The summed E-state index contributed by atoms with van der Waals surface area (Å²) in [7, 11) is 0. The van der Waals surface area contributed by atoms with Crippen LogP contribution in [-0.4, -0.2) is 49.4 Å². The normalized spacial score (nSPS) is 25.1. The molecule has 1 aliphatic heterocycles. The van der Waals surface area contributed by atoms with Gasteiger partial charge in [0.25, 0.3) is 0 Å². The molecule has 1 saturated heterocycles. The average molecular weight is 328 g/mol. The Morgan fingerprint density at radius 1 is 1.43 bits per heavy atom. The molecule has 2 unspecified atom stereocenters. The van der Waals surface area contributed by atoms with Crippen LogP contribution in [0.15, 0.2) is 0 Å². The number of amides is 2. The van der Waals surface area contributed by atoms with Gasteiger partial charge < -0.3 is 5.11 Å². The van der Waals surface area contributed by atoms with Crippen molar-refractivity contribution in [3.63, 3.8) is 0 Å². The van der Waals surface area contributed by atoms with Gasteiger partial charge in [-0.2, -0.15) is 0 Å². The Hall–Kier alpha value is -1.35. The minimum Gasteiger partial charge on any atom is -0.480 e. The Labute approximate surface area is 130 Å². The Bertz CT molecular complexity index is 560. The first-order chi connectivity index (χ1) is 10.1. The van der Waals surface area contributed by atoms with Crippen LogP contribution >= 0.6 is 23.1 Å². The summed E-state index contributed by atoms with van der Waals surface area (Å²) >= 11 is 2.88. The van der Waals surface area contributed by atoms with Crippen molar-refractivity contribution >= 4 is 40.2 Å². The zero-order chi connectivity index (χ0) is 15.0. The quantitative estimate of drug-likeness (QED) is 0.876. The summed E-state index contributed by atoms with van der Waals surface area (Å²) in [4.78, 5) is 25.3. The highest BCUT2D eigenvalue weighted by atomic mass is 32.2. The number of carbonyl (C=O) groups is 2. The van der Waals surface area contributed by atoms with Crippen molar-refractivity contribution in [1.82, 2.24) is 15.1 Å². The van der Waals surface area contributed by atoms with Crippen molar-refractivity contribution in [3.05, 3.63) is 5.01 Å². The van der Waals surface area contributed by atoms with Crippen molar-refractivity contribution in [2.24, 2.45) is 5.92 Å². The van der Waals surface area contributed by atoms with Gasteiger partial charge in [-0.3, -0.25) is 10.2 Å². The van der Waals surface area contributed by atoms with Gasteiger partial charge in [-0.1, -0.05) is 18.3 Å². The lowest BCUT2D eigenvalue weighted by Crippen LogP contribution is -2.48. The van der Waals surface area contributed by atoms with Gasteiger partial charge in [0.05, 0.1) is 5.37 Å². The van der Waals surface area contributed by atoms with Gasteiger partial charge in [-0.25, -0.2) is 9.59 Å². The number of carboxylic acids is 1. The van der Waals surface area contributed by atoms with Gasteiger partial charge in [0.2, 0.25) is 5.13 Å². The van der Waals surface area contributed by atoms with E-state index < -0.39 is 12.0 Å². The van der Waals surface area contributed by atoms with Crippen molar-refractivity contribution in [1.29, 1.82) is 0 Å². The number of hydrogen-bond acceptors (Lipinski definition) is 6. The van der Waals surface area contributed by atoms with Crippen LogP contribution < -0.4 is 5.32 Å². The zero-order valence-electron chi connectivity index (χ0n) is 11.5. The molecule has 2 fully saturated rings. The van der Waals surface area contributed by atoms with Crippen molar-refractivity contribution in [2.45, 2.75) is 37.6 Å². The Morgan fingerprint density at radius 2 is 2.19 bits per heavy atom. The maximum Gasteiger partial charge on any atom is 0.327 e. The molecule has 3 rings (SSSR count). The first-order valence-corrected chi connectivity index (χ1v) is 8.72. The number of nitrogens with zero attached hydrogens (tertiary/aromatic N) is 3. The first kappa shape index (κ1) is 14.6. The van der Waals surface area contributed by atoms with E-state index in [2.05, 4.69) is 15.5 Å². The van der Waals surface area contributed by atoms with Crippen LogP contribution in [0.25, 0.3) is 0 Å². The molecule has 0 bridgehead atoms. The van der Waals surface area contributed by atoms with Crippen LogP contribution in [0, 0.1) is 5.92 Å². The highest BCUT2D eigenvalue weighted by Gasteiger charge is 2.48. The third-order valence-corrected chi connectivity index (χ3v) is 6.01. The molecule has 114 valence electrons. The summed E-state index contributed by atoms with van der Waals surface area (Å²) in [6.45, 7) is 1.97. The standard InChI is InChI=1S/C12H16N4O3S2/c1-2-8-14-15-11(21-8)13-12(19)16-7(10(17)18)5-20-9(16)6-3-4-6/h6-7,9H,2-5H2,1H3,(H,17,18)(H,13,15,19). The first-order valence-electron chi connectivity index (χ1n) is 6.86. The molecular weight excluding hydrogens is 312 g/mol. The molecule has 2 aliphatic rings. The highest BCUT2D eigenvalue weighted by Crippen LogP contribution is 2.45. The number of anilines is 1. The molecule has 1 aromatic rings. The fourth-order valence-electron chi connectivity index (χ4n) is 2.32. The van der Waals surface area contributed by atoms with Crippen LogP contribution in [0.3, 0.4) is 0 Å². The van der Waals surface area contributed by atoms with Crippen LogP contribution in [0.2, 0.25) is 0 Å². The molecule has 2 heterocycles. The van der Waals surface area contributed by atoms with Gasteiger partial charge >= 0.3 is 12.0 Å². The monoisotopic (exact) mass is 328 g/mol. The zero-order valence-corrected chi connectivity index (χ0v) is 13.1. The second-order valence-electron chi connectivity index (χ2n) is 5.11. The fourth-order valence-corrected chi connectivity index (χ4v) is 4.62. The maximum atomic E-state index is 12.4. The second kappa shape index (κ2) is 5.80. The third kappa shape index (κ3) is 2.98. The summed E-state index contributed by atoms with van der Waals surface area (Å²) in [5, 5.41) is 21.1. The van der Waals surface area contributed by atoms with Gasteiger partial charge in [0, 0.05) is 5.75 Å². The molecular formula is C12H16N4O3S2. The largest absolute Gasteiger partial charge is 0.480 e. The van der Waals surface area contributed by atoms with E-state index >= 15 is 0 Å². The number of aryl methyl sites for hydroxylation is 1. The number of urea groups is 1. The number of nitrogens with one attached hydrogen (secondary N) is 1. The molecule has 21 heavy (non-hydrogen) atoms. The average Bonchev–Trinajstić information content (AvgIpc) is 3.03. The molecule has 2 amide bonds. The number of carboxylic acid groups (broad SMARTS) is 1. The lowest BCUT2D eigenvalue weighted by atomic mass is 10.2. The molecule has 2 N–H and O–H groups in total. The predicted octanol–water partition coefficient (Wildman–Crippen LogP) is 1.87. The maximum absolute atomic E-state index is 12.4. The Balaban J connectivity index is 1.74.